The molecule has 8 heteroatoms. The Morgan fingerprint density at radius 3 is 2.74 bits per heavy atom. The molecule has 3 aromatic rings. The average molecular weight is 384 g/mol. The summed E-state index contributed by atoms with van der Waals surface area (Å²) in [6.07, 6.45) is 1.96. The fourth-order valence-electron chi connectivity index (χ4n) is 2.84. The molecule has 0 spiro atoms. The molecule has 0 aliphatic rings. The van der Waals surface area contributed by atoms with E-state index in [0.29, 0.717) is 22.7 Å². The van der Waals surface area contributed by atoms with E-state index in [1.807, 2.05) is 4.57 Å². The lowest BCUT2D eigenvalue weighted by Crippen LogP contribution is -2.11. The summed E-state index contributed by atoms with van der Waals surface area (Å²) in [5.74, 6) is 1.15. The maximum atomic E-state index is 11.6. The zero-order chi connectivity index (χ0) is 19.4. The van der Waals surface area contributed by atoms with Crippen LogP contribution in [0, 0.1) is 11.3 Å². The Bertz CT molecular complexity index is 1110. The molecule has 0 aliphatic heterocycles. The predicted octanol–water partition coefficient (Wildman–Crippen LogP) is 2.93. The topological polar surface area (TPSA) is 111 Å². The third kappa shape index (κ3) is 4.10. The Labute approximate surface area is 158 Å². The minimum absolute atomic E-state index is 0.0254. The molecule has 0 bridgehead atoms. The van der Waals surface area contributed by atoms with E-state index in [1.54, 1.807) is 30.3 Å². The second-order valence-corrected chi connectivity index (χ2v) is 7.69. The first-order chi connectivity index (χ1) is 12.9. The fourth-order valence-corrected chi connectivity index (χ4v) is 3.37. The van der Waals surface area contributed by atoms with Gasteiger partial charge in [-0.05, 0) is 36.8 Å². The Balaban J connectivity index is 1.98. The second kappa shape index (κ2) is 7.78. The van der Waals surface area contributed by atoms with Crippen molar-refractivity contribution in [2.45, 2.75) is 37.8 Å². The molecule has 0 radical (unpaired) electrons. The van der Waals surface area contributed by atoms with Gasteiger partial charge in [0.2, 0.25) is 10.0 Å². The number of imidazole rings is 1. The van der Waals surface area contributed by atoms with Gasteiger partial charge in [-0.25, -0.2) is 18.5 Å². The number of aryl methyl sites for hydroxylation is 1. The molecule has 1 aromatic heterocycles. The number of hydrogen-bond donors (Lipinski definition) is 1. The zero-order valence-electron chi connectivity index (χ0n) is 14.9. The van der Waals surface area contributed by atoms with E-state index >= 15 is 0 Å². The third-order valence-electron chi connectivity index (χ3n) is 4.23. The molecular formula is C19H20N4O3S. The van der Waals surface area contributed by atoms with Crippen molar-refractivity contribution in [1.29, 1.82) is 5.26 Å². The number of benzene rings is 2. The van der Waals surface area contributed by atoms with Crippen LogP contribution in [0.5, 0.6) is 5.75 Å². The number of aromatic nitrogens is 2. The monoisotopic (exact) mass is 384 g/mol. The fraction of sp³-hybridized carbons (Fsp3) is 0.263. The summed E-state index contributed by atoms with van der Waals surface area (Å²) in [4.78, 5) is 4.57. The molecule has 2 aromatic carbocycles. The number of hydrogen-bond acceptors (Lipinski definition) is 5. The first-order valence-corrected chi connectivity index (χ1v) is 10.1. The molecule has 3 rings (SSSR count). The van der Waals surface area contributed by atoms with Gasteiger partial charge in [-0.3, -0.25) is 0 Å². The molecule has 7 nitrogen and oxygen atoms in total. The van der Waals surface area contributed by atoms with Gasteiger partial charge in [0.1, 0.15) is 24.3 Å². The van der Waals surface area contributed by atoms with Crippen LogP contribution in [0.3, 0.4) is 0 Å². The minimum atomic E-state index is -3.80. The van der Waals surface area contributed by atoms with Crippen molar-refractivity contribution in [2.75, 3.05) is 0 Å². The first kappa shape index (κ1) is 18.9. The Hall–Kier alpha value is -2.89. The number of unbranched alkanes of at least 4 members (excludes halogenated alkanes) is 1. The van der Waals surface area contributed by atoms with E-state index in [0.717, 1.165) is 24.9 Å². The van der Waals surface area contributed by atoms with Crippen molar-refractivity contribution < 1.29 is 13.2 Å². The van der Waals surface area contributed by atoms with Gasteiger partial charge in [0.05, 0.1) is 21.5 Å². The van der Waals surface area contributed by atoms with Crippen molar-refractivity contribution in [3.05, 3.63) is 53.9 Å². The molecule has 0 atom stereocenters. The van der Waals surface area contributed by atoms with Crippen LogP contribution >= 0.6 is 0 Å². The standard InChI is InChI=1S/C19H20N4O3S/c1-2-3-10-23-17-9-8-15(27(21,24)25)11-16(17)22-19(23)13-26-18-7-5-4-6-14(18)12-20/h4-9,11H,2-3,10,13H2,1H3,(H2,21,24,25). The van der Waals surface area contributed by atoms with Crippen LogP contribution < -0.4 is 9.88 Å². The van der Waals surface area contributed by atoms with Crippen molar-refractivity contribution in [3.63, 3.8) is 0 Å². The van der Waals surface area contributed by atoms with E-state index in [1.165, 1.54) is 12.1 Å². The second-order valence-electron chi connectivity index (χ2n) is 6.13. The van der Waals surface area contributed by atoms with E-state index in [2.05, 4.69) is 18.0 Å². The normalized spacial score (nSPS) is 11.4. The molecular weight excluding hydrogens is 364 g/mol. The molecule has 0 fully saturated rings. The van der Waals surface area contributed by atoms with Gasteiger partial charge < -0.3 is 9.30 Å². The van der Waals surface area contributed by atoms with Gasteiger partial charge in [0, 0.05) is 6.54 Å². The maximum absolute atomic E-state index is 11.6. The summed E-state index contributed by atoms with van der Waals surface area (Å²) in [6, 6.07) is 13.8. The summed E-state index contributed by atoms with van der Waals surface area (Å²) in [7, 11) is -3.80. The lowest BCUT2D eigenvalue weighted by atomic mass is 10.2. The van der Waals surface area contributed by atoms with Gasteiger partial charge in [-0.2, -0.15) is 5.26 Å². The molecule has 0 unspecified atom stereocenters. The number of nitriles is 1. The van der Waals surface area contributed by atoms with Gasteiger partial charge in [-0.15, -0.1) is 0 Å². The van der Waals surface area contributed by atoms with Crippen LogP contribution in [0.4, 0.5) is 0 Å². The summed E-state index contributed by atoms with van der Waals surface area (Å²) >= 11 is 0. The number of ether oxygens (including phenoxy) is 1. The molecule has 1 heterocycles. The highest BCUT2D eigenvalue weighted by atomic mass is 32.2. The van der Waals surface area contributed by atoms with Crippen molar-refractivity contribution >= 4 is 21.1 Å². The summed E-state index contributed by atoms with van der Waals surface area (Å²) in [6.45, 7) is 3.00. The zero-order valence-corrected chi connectivity index (χ0v) is 15.7. The number of fused-ring (bicyclic) bond motifs is 1. The maximum Gasteiger partial charge on any atom is 0.238 e. The Morgan fingerprint density at radius 1 is 1.26 bits per heavy atom. The number of primary sulfonamides is 1. The van der Waals surface area contributed by atoms with Crippen molar-refractivity contribution in [1.82, 2.24) is 9.55 Å². The van der Waals surface area contributed by atoms with Crippen LogP contribution in [0.15, 0.2) is 47.4 Å². The molecule has 2 N–H and O–H groups in total. The number of nitrogens with zero attached hydrogens (tertiary/aromatic N) is 3. The van der Waals surface area contributed by atoms with Crippen LogP contribution in [0.2, 0.25) is 0 Å². The van der Waals surface area contributed by atoms with Crippen molar-refractivity contribution in [2.24, 2.45) is 5.14 Å². The number of sulfonamides is 1. The van der Waals surface area contributed by atoms with Crippen molar-refractivity contribution in [3.8, 4) is 11.8 Å². The minimum Gasteiger partial charge on any atom is -0.484 e. The van der Waals surface area contributed by atoms with E-state index < -0.39 is 10.0 Å². The summed E-state index contributed by atoms with van der Waals surface area (Å²) in [5.41, 5.74) is 1.82. The summed E-state index contributed by atoms with van der Waals surface area (Å²) in [5, 5.41) is 14.4. The summed E-state index contributed by atoms with van der Waals surface area (Å²) < 4.78 is 31.0. The smallest absolute Gasteiger partial charge is 0.238 e. The molecule has 0 saturated heterocycles. The van der Waals surface area contributed by atoms with E-state index in [4.69, 9.17) is 9.88 Å². The van der Waals surface area contributed by atoms with E-state index in [-0.39, 0.29) is 11.5 Å². The highest BCUT2D eigenvalue weighted by Gasteiger charge is 2.15. The van der Waals surface area contributed by atoms with Crippen LogP contribution in [-0.4, -0.2) is 18.0 Å². The lowest BCUT2D eigenvalue weighted by Gasteiger charge is -2.11. The highest BCUT2D eigenvalue weighted by Crippen LogP contribution is 2.23. The van der Waals surface area contributed by atoms with Gasteiger partial charge >= 0.3 is 0 Å². The average Bonchev–Trinajstić information content (AvgIpc) is 3.00. The first-order valence-electron chi connectivity index (χ1n) is 8.58. The van der Waals surface area contributed by atoms with Crippen LogP contribution in [0.25, 0.3) is 11.0 Å². The van der Waals surface area contributed by atoms with Gasteiger partial charge in [-0.1, -0.05) is 25.5 Å². The SMILES string of the molecule is CCCCn1c(COc2ccccc2C#N)nc2cc(S(N)(=O)=O)ccc21. The largest absolute Gasteiger partial charge is 0.484 e. The molecule has 0 aliphatic carbocycles. The predicted molar refractivity (Wildman–Crippen MR) is 102 cm³/mol. The third-order valence-corrected chi connectivity index (χ3v) is 5.14. The molecule has 27 heavy (non-hydrogen) atoms. The van der Waals surface area contributed by atoms with Gasteiger partial charge in [0.15, 0.2) is 0 Å². The number of nitrogens with two attached hydrogens (primary N) is 1. The lowest BCUT2D eigenvalue weighted by molar-refractivity contribution is 0.289. The molecule has 0 amide bonds. The molecule has 140 valence electrons. The highest BCUT2D eigenvalue weighted by molar-refractivity contribution is 7.89. The van der Waals surface area contributed by atoms with Crippen LogP contribution in [-0.2, 0) is 23.2 Å². The van der Waals surface area contributed by atoms with Gasteiger partial charge in [0.25, 0.3) is 0 Å². The molecule has 0 saturated carbocycles. The number of para-hydroxylation sites is 1. The Kier molecular flexibility index (Phi) is 5.44. The van der Waals surface area contributed by atoms with Crippen LogP contribution in [0.1, 0.15) is 31.2 Å². The van der Waals surface area contributed by atoms with E-state index in [9.17, 15) is 13.7 Å². The quantitative estimate of drug-likeness (QED) is 0.673. The Morgan fingerprint density at radius 2 is 2.04 bits per heavy atom. The number of rotatable bonds is 7.